The van der Waals surface area contributed by atoms with Gasteiger partial charge in [0.1, 0.15) is 0 Å². The van der Waals surface area contributed by atoms with Crippen molar-refractivity contribution in [3.05, 3.63) is 33.7 Å². The first-order valence-corrected chi connectivity index (χ1v) is 10.7. The van der Waals surface area contributed by atoms with Gasteiger partial charge >= 0.3 is 0 Å². The molecule has 2 heterocycles. The molecule has 1 atom stereocenters. The summed E-state index contributed by atoms with van der Waals surface area (Å²) >= 11 is 0. The number of hydrogen-bond acceptors (Lipinski definition) is 4. The lowest BCUT2D eigenvalue weighted by molar-refractivity contribution is 0.0936. The molecule has 1 saturated heterocycles. The normalized spacial score (nSPS) is 20.0. The van der Waals surface area contributed by atoms with E-state index in [1.165, 1.54) is 23.3 Å². The van der Waals surface area contributed by atoms with E-state index >= 15 is 0 Å². The van der Waals surface area contributed by atoms with E-state index < -0.39 is 0 Å². The maximum absolute atomic E-state index is 12.7. The number of fused-ring (bicyclic) bond motifs is 1. The molecular formula is C23H35N3O2. The van der Waals surface area contributed by atoms with Gasteiger partial charge in [0, 0.05) is 43.2 Å². The Morgan fingerprint density at radius 3 is 2.82 bits per heavy atom. The van der Waals surface area contributed by atoms with Crippen LogP contribution in [0.4, 0.5) is 0 Å². The zero-order valence-corrected chi connectivity index (χ0v) is 17.6. The van der Waals surface area contributed by atoms with E-state index in [1.807, 2.05) is 6.07 Å². The van der Waals surface area contributed by atoms with Crippen LogP contribution in [-0.4, -0.2) is 56.7 Å². The Hall–Kier alpha value is -1.85. The summed E-state index contributed by atoms with van der Waals surface area (Å²) in [5.41, 5.74) is 1.94. The lowest BCUT2D eigenvalue weighted by Gasteiger charge is -2.32. The lowest BCUT2D eigenvalue weighted by Crippen LogP contribution is -2.39. The van der Waals surface area contributed by atoms with Gasteiger partial charge in [-0.05, 0) is 68.5 Å². The number of piperidine rings is 1. The third kappa shape index (κ3) is 4.95. The van der Waals surface area contributed by atoms with Crippen LogP contribution in [-0.2, 0) is 11.2 Å². The van der Waals surface area contributed by atoms with Gasteiger partial charge in [-0.3, -0.25) is 4.79 Å². The molecule has 1 fully saturated rings. The lowest BCUT2D eigenvalue weighted by atomic mass is 9.97. The summed E-state index contributed by atoms with van der Waals surface area (Å²) < 4.78 is 5.05. The summed E-state index contributed by atoms with van der Waals surface area (Å²) in [5, 5.41) is 8.91. The van der Waals surface area contributed by atoms with E-state index in [9.17, 15) is 4.79 Å². The molecule has 0 bridgehead atoms. The summed E-state index contributed by atoms with van der Waals surface area (Å²) in [6.07, 6.45) is 9.04. The maximum atomic E-state index is 12.7. The number of hydrogen-bond donors (Lipinski definition) is 2. The summed E-state index contributed by atoms with van der Waals surface area (Å²) in [6, 6.07) is 4.57. The Morgan fingerprint density at radius 1 is 1.32 bits per heavy atom. The number of methoxy groups -OCH3 is 1. The molecule has 28 heavy (non-hydrogen) atoms. The van der Waals surface area contributed by atoms with Crippen molar-refractivity contribution >= 4 is 18.2 Å². The Morgan fingerprint density at radius 2 is 2.11 bits per heavy atom. The number of nitrogens with zero attached hydrogens (tertiary/aromatic N) is 1. The molecule has 0 aliphatic carbocycles. The van der Waals surface area contributed by atoms with Crippen molar-refractivity contribution in [3.8, 4) is 0 Å². The first-order valence-electron chi connectivity index (χ1n) is 10.7. The second kappa shape index (κ2) is 10.1. The third-order valence-electron chi connectivity index (χ3n) is 6.05. The molecule has 1 aromatic rings. The van der Waals surface area contributed by atoms with Crippen LogP contribution in [0.3, 0.4) is 0 Å². The molecule has 154 valence electrons. The van der Waals surface area contributed by atoms with Crippen LogP contribution >= 0.6 is 0 Å². The molecule has 0 saturated carbocycles. The molecule has 3 rings (SSSR count). The molecule has 2 aliphatic heterocycles. The van der Waals surface area contributed by atoms with Gasteiger partial charge < -0.3 is 20.3 Å². The van der Waals surface area contributed by atoms with Crippen LogP contribution < -0.4 is 21.1 Å². The van der Waals surface area contributed by atoms with Gasteiger partial charge in [0.2, 0.25) is 0 Å². The Bertz CT molecular complexity index is 784. The molecule has 1 unspecified atom stereocenters. The second-order valence-electron chi connectivity index (χ2n) is 8.00. The fourth-order valence-electron chi connectivity index (χ4n) is 4.29. The molecule has 2 aliphatic rings. The monoisotopic (exact) mass is 385 g/mol. The summed E-state index contributed by atoms with van der Waals surface area (Å²) in [6.45, 7) is 8.86. The smallest absolute Gasteiger partial charge is 0.251 e. The molecular weight excluding hydrogens is 350 g/mol. The SMILES string of the molecule is CCc1c(C(=O)NCCOC)ccc2c1=CN(CC1CCNCC1)C(C)CC=2. The quantitative estimate of drug-likeness (QED) is 0.694. The fourth-order valence-corrected chi connectivity index (χ4v) is 4.29. The minimum absolute atomic E-state index is 0.00713. The van der Waals surface area contributed by atoms with Crippen molar-refractivity contribution < 1.29 is 9.53 Å². The average Bonchev–Trinajstić information content (AvgIpc) is 2.87. The van der Waals surface area contributed by atoms with Crippen molar-refractivity contribution in [2.45, 2.75) is 45.6 Å². The van der Waals surface area contributed by atoms with Crippen molar-refractivity contribution in [3.63, 3.8) is 0 Å². The standard InChI is InChI=1S/C23H35N3O2/c1-4-20-21(23(27)25-13-14-28-3)8-7-19-6-5-17(2)26(16-22(19)20)15-18-9-11-24-12-10-18/h6-8,16-18,24H,4-5,9-15H2,1-3H3,(H,25,27). The summed E-state index contributed by atoms with van der Waals surface area (Å²) in [5.74, 6) is 0.736. The van der Waals surface area contributed by atoms with Crippen molar-refractivity contribution in [2.24, 2.45) is 5.92 Å². The van der Waals surface area contributed by atoms with Gasteiger partial charge in [-0.15, -0.1) is 0 Å². The predicted molar refractivity (Wildman–Crippen MR) is 115 cm³/mol. The van der Waals surface area contributed by atoms with Gasteiger partial charge in [0.05, 0.1) is 6.61 Å². The van der Waals surface area contributed by atoms with Crippen LogP contribution in [0.2, 0.25) is 0 Å². The van der Waals surface area contributed by atoms with Crippen molar-refractivity contribution in [1.82, 2.24) is 15.5 Å². The van der Waals surface area contributed by atoms with Crippen LogP contribution in [0.1, 0.15) is 49.0 Å². The minimum Gasteiger partial charge on any atom is -0.383 e. The third-order valence-corrected chi connectivity index (χ3v) is 6.05. The average molecular weight is 386 g/mol. The highest BCUT2D eigenvalue weighted by Crippen LogP contribution is 2.18. The Balaban J connectivity index is 1.93. The van der Waals surface area contributed by atoms with E-state index in [4.69, 9.17) is 4.74 Å². The predicted octanol–water partition coefficient (Wildman–Crippen LogP) is 1.24. The topological polar surface area (TPSA) is 53.6 Å². The zero-order valence-electron chi connectivity index (χ0n) is 17.6. The van der Waals surface area contributed by atoms with Crippen molar-refractivity contribution in [1.29, 1.82) is 0 Å². The number of ether oxygens (including phenoxy) is 1. The van der Waals surface area contributed by atoms with Crippen LogP contribution in [0.15, 0.2) is 12.1 Å². The number of carbonyl (C=O) groups is 1. The number of rotatable bonds is 7. The van der Waals surface area contributed by atoms with Gasteiger partial charge in [0.25, 0.3) is 5.91 Å². The van der Waals surface area contributed by atoms with Gasteiger partial charge in [0.15, 0.2) is 0 Å². The number of benzene rings is 1. The van der Waals surface area contributed by atoms with Crippen molar-refractivity contribution in [2.75, 3.05) is 39.9 Å². The first-order chi connectivity index (χ1) is 13.6. The highest BCUT2D eigenvalue weighted by molar-refractivity contribution is 5.95. The molecule has 1 aromatic carbocycles. The van der Waals surface area contributed by atoms with E-state index in [0.717, 1.165) is 49.5 Å². The first kappa shape index (κ1) is 20.9. The van der Waals surface area contributed by atoms with Crippen LogP contribution in [0, 0.1) is 5.92 Å². The molecule has 0 aromatic heterocycles. The number of carbonyl (C=O) groups excluding carboxylic acids is 1. The second-order valence-corrected chi connectivity index (χ2v) is 8.00. The summed E-state index contributed by atoms with van der Waals surface area (Å²) in [7, 11) is 1.65. The molecule has 0 spiro atoms. The minimum atomic E-state index is -0.00713. The fraction of sp³-hybridized carbons (Fsp3) is 0.609. The summed E-state index contributed by atoms with van der Waals surface area (Å²) in [4.78, 5) is 15.2. The highest BCUT2D eigenvalue weighted by atomic mass is 16.5. The van der Waals surface area contributed by atoms with Crippen LogP contribution in [0.5, 0.6) is 0 Å². The molecule has 5 heteroatoms. The van der Waals surface area contributed by atoms with E-state index in [2.05, 4.69) is 47.7 Å². The molecule has 2 N–H and O–H groups in total. The van der Waals surface area contributed by atoms with E-state index in [1.54, 1.807) is 7.11 Å². The molecule has 5 nitrogen and oxygen atoms in total. The van der Waals surface area contributed by atoms with Gasteiger partial charge in [-0.2, -0.15) is 0 Å². The largest absolute Gasteiger partial charge is 0.383 e. The Kier molecular flexibility index (Phi) is 7.51. The van der Waals surface area contributed by atoms with Gasteiger partial charge in [-0.1, -0.05) is 19.1 Å². The zero-order chi connectivity index (χ0) is 19.9. The number of amides is 1. The van der Waals surface area contributed by atoms with E-state index in [0.29, 0.717) is 19.2 Å². The highest BCUT2D eigenvalue weighted by Gasteiger charge is 2.20. The maximum Gasteiger partial charge on any atom is 0.251 e. The van der Waals surface area contributed by atoms with Crippen LogP contribution in [0.25, 0.3) is 12.3 Å². The molecule has 1 amide bonds. The van der Waals surface area contributed by atoms with Gasteiger partial charge in [-0.25, -0.2) is 0 Å². The molecule has 0 radical (unpaired) electrons. The van der Waals surface area contributed by atoms with E-state index in [-0.39, 0.29) is 5.91 Å². The number of nitrogens with one attached hydrogen (secondary N) is 2. The Labute approximate surface area is 168 Å².